The van der Waals surface area contributed by atoms with E-state index in [2.05, 4.69) is 0 Å². The molecular weight excluding hydrogens is 446 g/mol. The molecule has 0 aliphatic carbocycles. The maximum absolute atomic E-state index is 13.0. The molecule has 0 aliphatic rings. The van der Waals surface area contributed by atoms with Crippen LogP contribution in [0.5, 0.6) is 0 Å². The number of hydrogen-bond donors (Lipinski definition) is 0. The largest absolute Gasteiger partial charge is 0.446 e. The second-order valence-corrected chi connectivity index (χ2v) is 5.63. The smallest absolute Gasteiger partial charge is 0.206 e. The average molecular weight is 448 g/mol. The van der Waals surface area contributed by atoms with Gasteiger partial charge in [0.25, 0.3) is 0 Å². The highest BCUT2D eigenvalue weighted by Crippen LogP contribution is 2.38. The second-order valence-electron chi connectivity index (χ2n) is 2.25. The fourth-order valence-corrected chi connectivity index (χ4v) is 2.45. The highest BCUT2D eigenvalue weighted by atomic mass is 127. The first-order valence-electron chi connectivity index (χ1n) is 3.20. The molecule has 1 aromatic rings. The Labute approximate surface area is 109 Å². The molecule has 0 saturated carbocycles. The first-order chi connectivity index (χ1) is 6.29. The minimum atomic E-state index is -4.37. The lowest BCUT2D eigenvalue weighted by molar-refractivity contribution is -0.0328. The van der Waals surface area contributed by atoms with E-state index in [1.54, 1.807) is 45.2 Å². The molecule has 0 radical (unpaired) electrons. The Kier molecular flexibility index (Phi) is 4.33. The van der Waals surface area contributed by atoms with Crippen molar-refractivity contribution in [2.45, 2.75) is 10.4 Å². The Balaban J connectivity index is 3.02. The summed E-state index contributed by atoms with van der Waals surface area (Å²) in [7, 11) is 0. The van der Waals surface area contributed by atoms with E-state index in [4.69, 9.17) is 0 Å². The van der Waals surface area contributed by atoms with Crippen molar-refractivity contribution < 1.29 is 17.6 Å². The van der Waals surface area contributed by atoms with Gasteiger partial charge in [-0.15, -0.1) is 0 Å². The van der Waals surface area contributed by atoms with Gasteiger partial charge in [-0.3, -0.25) is 0 Å². The molecule has 0 N–H and O–H groups in total. The van der Waals surface area contributed by atoms with Gasteiger partial charge in [0.2, 0.25) is 0 Å². The van der Waals surface area contributed by atoms with E-state index in [1.165, 1.54) is 6.07 Å². The zero-order chi connectivity index (χ0) is 10.9. The minimum absolute atomic E-state index is 0.125. The number of alkyl halides is 3. The van der Waals surface area contributed by atoms with Crippen molar-refractivity contribution in [3.8, 4) is 0 Å². The van der Waals surface area contributed by atoms with Gasteiger partial charge in [-0.05, 0) is 69.1 Å². The first kappa shape index (κ1) is 12.8. The Morgan fingerprint density at radius 3 is 2.14 bits per heavy atom. The zero-order valence-corrected chi connectivity index (χ0v) is 11.5. The van der Waals surface area contributed by atoms with Crippen molar-refractivity contribution >= 4 is 56.9 Å². The summed E-state index contributed by atoms with van der Waals surface area (Å²) < 4.78 is 49.7. The molecule has 0 amide bonds. The average Bonchev–Trinajstić information content (AvgIpc) is 1.96. The van der Waals surface area contributed by atoms with Gasteiger partial charge >= 0.3 is 5.51 Å². The zero-order valence-electron chi connectivity index (χ0n) is 6.33. The van der Waals surface area contributed by atoms with Gasteiger partial charge in [0.1, 0.15) is 5.82 Å². The van der Waals surface area contributed by atoms with E-state index in [-0.39, 0.29) is 16.7 Å². The molecule has 0 bridgehead atoms. The molecule has 1 aromatic carbocycles. The summed E-state index contributed by atoms with van der Waals surface area (Å²) in [6.07, 6.45) is 0. The topological polar surface area (TPSA) is 0 Å². The number of hydrogen-bond acceptors (Lipinski definition) is 1. The molecule has 0 saturated heterocycles. The fourth-order valence-electron chi connectivity index (χ4n) is 0.725. The van der Waals surface area contributed by atoms with Crippen LogP contribution in [-0.2, 0) is 0 Å². The van der Waals surface area contributed by atoms with Gasteiger partial charge in [0.05, 0.1) is 3.57 Å². The van der Waals surface area contributed by atoms with Crippen molar-refractivity contribution in [2.75, 3.05) is 0 Å². The third kappa shape index (κ3) is 3.72. The normalized spacial score (nSPS) is 11.9. The summed E-state index contributed by atoms with van der Waals surface area (Å²) in [4.78, 5) is -0.125. The first-order valence-corrected chi connectivity index (χ1v) is 6.17. The van der Waals surface area contributed by atoms with Crippen molar-refractivity contribution in [1.29, 1.82) is 0 Å². The molecule has 0 atom stereocenters. The summed E-state index contributed by atoms with van der Waals surface area (Å²) in [6, 6.07) is 2.20. The van der Waals surface area contributed by atoms with E-state index >= 15 is 0 Å². The number of halogens is 6. The molecular formula is C7H2F4I2S. The van der Waals surface area contributed by atoms with Crippen LogP contribution >= 0.6 is 56.9 Å². The maximum atomic E-state index is 13.0. The standard InChI is InChI=1S/C7H2F4I2S/c8-4-1-3(14-7(9,10)11)2-5(12)6(4)13/h1-2H. The van der Waals surface area contributed by atoms with Crippen molar-refractivity contribution in [3.05, 3.63) is 25.1 Å². The predicted molar refractivity (Wildman–Crippen MR) is 63.7 cm³/mol. The lowest BCUT2D eigenvalue weighted by Crippen LogP contribution is -2.00. The summed E-state index contributed by atoms with van der Waals surface area (Å²) in [6.45, 7) is 0. The highest BCUT2D eigenvalue weighted by molar-refractivity contribution is 14.1. The van der Waals surface area contributed by atoms with Crippen LogP contribution in [0, 0.1) is 13.0 Å². The molecule has 78 valence electrons. The van der Waals surface area contributed by atoms with Crippen LogP contribution in [0.2, 0.25) is 0 Å². The van der Waals surface area contributed by atoms with Crippen LogP contribution in [0.1, 0.15) is 0 Å². The van der Waals surface area contributed by atoms with Crippen LogP contribution in [0.3, 0.4) is 0 Å². The van der Waals surface area contributed by atoms with Crippen LogP contribution in [-0.4, -0.2) is 5.51 Å². The van der Waals surface area contributed by atoms with Gasteiger partial charge in [0, 0.05) is 8.47 Å². The van der Waals surface area contributed by atoms with E-state index < -0.39 is 11.3 Å². The summed E-state index contributed by atoms with van der Waals surface area (Å²) >= 11 is 3.24. The van der Waals surface area contributed by atoms with Crippen LogP contribution in [0.4, 0.5) is 17.6 Å². The molecule has 0 nitrogen and oxygen atoms in total. The molecule has 14 heavy (non-hydrogen) atoms. The monoisotopic (exact) mass is 448 g/mol. The van der Waals surface area contributed by atoms with E-state index in [0.29, 0.717) is 7.14 Å². The molecule has 0 unspecified atom stereocenters. The molecule has 0 spiro atoms. The van der Waals surface area contributed by atoms with Crippen molar-refractivity contribution in [1.82, 2.24) is 0 Å². The lowest BCUT2D eigenvalue weighted by Gasteiger charge is -2.07. The van der Waals surface area contributed by atoms with Gasteiger partial charge in [-0.1, -0.05) is 0 Å². The Bertz CT molecular complexity index is 327. The second kappa shape index (κ2) is 4.73. The quantitative estimate of drug-likeness (QED) is 0.261. The predicted octanol–water partition coefficient (Wildman–Crippen LogP) is 4.65. The summed E-state index contributed by atoms with van der Waals surface area (Å²) in [5.74, 6) is -0.621. The van der Waals surface area contributed by atoms with Gasteiger partial charge in [-0.25, -0.2) is 4.39 Å². The van der Waals surface area contributed by atoms with Gasteiger partial charge in [-0.2, -0.15) is 13.2 Å². The van der Waals surface area contributed by atoms with Crippen LogP contribution in [0.15, 0.2) is 17.0 Å². The van der Waals surface area contributed by atoms with E-state index in [9.17, 15) is 17.6 Å². The molecule has 0 aromatic heterocycles. The number of rotatable bonds is 1. The molecule has 7 heteroatoms. The Morgan fingerprint density at radius 1 is 1.14 bits per heavy atom. The summed E-state index contributed by atoms with van der Waals surface area (Å²) in [5.41, 5.74) is -4.37. The van der Waals surface area contributed by atoms with Crippen molar-refractivity contribution in [2.24, 2.45) is 0 Å². The highest BCUT2D eigenvalue weighted by Gasteiger charge is 2.29. The summed E-state index contributed by atoms with van der Waals surface area (Å²) in [5, 5.41) is 0. The minimum Gasteiger partial charge on any atom is -0.206 e. The number of thioether (sulfide) groups is 1. The maximum Gasteiger partial charge on any atom is 0.446 e. The Morgan fingerprint density at radius 2 is 1.71 bits per heavy atom. The third-order valence-electron chi connectivity index (χ3n) is 1.19. The molecule has 0 heterocycles. The third-order valence-corrected chi connectivity index (χ3v) is 4.87. The van der Waals surface area contributed by atoms with Gasteiger partial charge < -0.3 is 0 Å². The number of benzene rings is 1. The van der Waals surface area contributed by atoms with Crippen LogP contribution in [0.25, 0.3) is 0 Å². The van der Waals surface area contributed by atoms with Crippen LogP contribution < -0.4 is 0 Å². The SMILES string of the molecule is Fc1cc(SC(F)(F)F)cc(I)c1I. The molecule has 0 fully saturated rings. The lowest BCUT2D eigenvalue weighted by atomic mass is 10.3. The fraction of sp³-hybridized carbons (Fsp3) is 0.143. The van der Waals surface area contributed by atoms with Crippen molar-refractivity contribution in [3.63, 3.8) is 0 Å². The van der Waals surface area contributed by atoms with Gasteiger partial charge in [0.15, 0.2) is 0 Å². The molecule has 1 rings (SSSR count). The van der Waals surface area contributed by atoms with E-state index in [1.807, 2.05) is 0 Å². The Hall–Kier alpha value is 0.750. The van der Waals surface area contributed by atoms with E-state index in [0.717, 1.165) is 6.07 Å². The molecule has 0 aliphatic heterocycles.